The number of carbonyl (C=O) groups is 2. The summed E-state index contributed by atoms with van der Waals surface area (Å²) in [7, 11) is 1.54. The molecular weight excluding hydrogens is 425 g/mol. The first-order valence-corrected chi connectivity index (χ1v) is 10.2. The lowest BCUT2D eigenvalue weighted by atomic mass is 9.95. The predicted octanol–water partition coefficient (Wildman–Crippen LogP) is 4.34. The minimum Gasteiger partial charge on any atom is -0.507 e. The largest absolute Gasteiger partial charge is 0.507 e. The molecule has 8 heteroatoms. The number of ether oxygens (including phenoxy) is 2. The summed E-state index contributed by atoms with van der Waals surface area (Å²) >= 11 is 6.23. The Balaban J connectivity index is 2.10. The summed E-state index contributed by atoms with van der Waals surface area (Å²) in [6.07, 6.45) is 0.496. The van der Waals surface area contributed by atoms with Gasteiger partial charge in [0.15, 0.2) is 0 Å². The summed E-state index contributed by atoms with van der Waals surface area (Å²) in [5.74, 6) is -1.90. The van der Waals surface area contributed by atoms with Gasteiger partial charge in [-0.05, 0) is 49.2 Å². The highest BCUT2D eigenvalue weighted by Crippen LogP contribution is 2.40. The molecule has 0 bridgehead atoms. The van der Waals surface area contributed by atoms with Gasteiger partial charge in [0.25, 0.3) is 11.7 Å². The molecule has 0 aromatic heterocycles. The molecule has 1 atom stereocenters. The van der Waals surface area contributed by atoms with E-state index in [0.29, 0.717) is 30.9 Å². The van der Waals surface area contributed by atoms with Crippen molar-refractivity contribution in [3.05, 3.63) is 70.0 Å². The molecule has 0 unspecified atom stereocenters. The van der Waals surface area contributed by atoms with Gasteiger partial charge in [0.2, 0.25) is 0 Å². The van der Waals surface area contributed by atoms with Gasteiger partial charge in [-0.3, -0.25) is 9.59 Å². The number of aliphatic hydroxyl groups is 1. The number of rotatable bonds is 8. The molecule has 2 aromatic rings. The van der Waals surface area contributed by atoms with Crippen LogP contribution in [0.3, 0.4) is 0 Å². The Morgan fingerprint density at radius 2 is 1.90 bits per heavy atom. The van der Waals surface area contributed by atoms with Gasteiger partial charge in [-0.2, -0.15) is 0 Å². The minimum absolute atomic E-state index is 0.0748. The highest BCUT2D eigenvalue weighted by molar-refractivity contribution is 6.46. The Morgan fingerprint density at radius 3 is 2.52 bits per heavy atom. The molecule has 1 saturated heterocycles. The van der Waals surface area contributed by atoms with Crippen LogP contribution >= 0.6 is 11.6 Å². The number of methoxy groups -OCH3 is 1. The van der Waals surface area contributed by atoms with Crippen LogP contribution in [0.2, 0.25) is 5.02 Å². The monoisotopic (exact) mass is 447 g/mol. The van der Waals surface area contributed by atoms with E-state index in [-0.39, 0.29) is 28.5 Å². The molecule has 1 fully saturated rings. The molecule has 1 aliphatic heterocycles. The minimum atomic E-state index is -0.859. The average Bonchev–Trinajstić information content (AvgIpc) is 3.00. The van der Waals surface area contributed by atoms with E-state index in [1.165, 1.54) is 35.2 Å². The van der Waals surface area contributed by atoms with Crippen LogP contribution in [0.25, 0.3) is 5.76 Å². The maximum Gasteiger partial charge on any atom is 0.295 e. The van der Waals surface area contributed by atoms with Crippen molar-refractivity contribution in [2.45, 2.75) is 19.4 Å². The van der Waals surface area contributed by atoms with Crippen molar-refractivity contribution in [3.63, 3.8) is 0 Å². The zero-order chi connectivity index (χ0) is 22.5. The summed E-state index contributed by atoms with van der Waals surface area (Å²) in [5, 5.41) is 11.3. The summed E-state index contributed by atoms with van der Waals surface area (Å²) in [6.45, 7) is 2.87. The molecule has 1 aliphatic rings. The van der Waals surface area contributed by atoms with Crippen LogP contribution in [0.15, 0.2) is 48.0 Å². The van der Waals surface area contributed by atoms with Crippen LogP contribution in [0.1, 0.15) is 30.5 Å². The zero-order valence-corrected chi connectivity index (χ0v) is 18.0. The zero-order valence-electron chi connectivity index (χ0n) is 17.2. The van der Waals surface area contributed by atoms with Crippen molar-refractivity contribution in [2.75, 3.05) is 26.9 Å². The smallest absolute Gasteiger partial charge is 0.295 e. The first kappa shape index (κ1) is 22.8. The van der Waals surface area contributed by atoms with E-state index >= 15 is 0 Å². The number of halogens is 2. The SMILES string of the molecule is CCOc1ccc(C(O)=C2C(=O)C(=O)N(CCCOC)[C@H]2c2ccc(F)cc2)cc1Cl. The van der Waals surface area contributed by atoms with Crippen molar-refractivity contribution in [2.24, 2.45) is 0 Å². The number of hydrogen-bond acceptors (Lipinski definition) is 5. The fourth-order valence-electron chi connectivity index (χ4n) is 3.56. The first-order valence-electron chi connectivity index (χ1n) is 9.84. The molecule has 0 radical (unpaired) electrons. The quantitative estimate of drug-likeness (QED) is 0.282. The van der Waals surface area contributed by atoms with Gasteiger partial charge in [-0.1, -0.05) is 23.7 Å². The van der Waals surface area contributed by atoms with Gasteiger partial charge >= 0.3 is 0 Å². The van der Waals surface area contributed by atoms with Crippen molar-refractivity contribution < 1.29 is 28.6 Å². The van der Waals surface area contributed by atoms with Gasteiger partial charge < -0.3 is 19.5 Å². The van der Waals surface area contributed by atoms with Gasteiger partial charge in [-0.25, -0.2) is 4.39 Å². The van der Waals surface area contributed by atoms with Crippen molar-refractivity contribution in [1.82, 2.24) is 4.90 Å². The third kappa shape index (κ3) is 4.73. The number of likely N-dealkylation sites (tertiary alicyclic amines) is 1. The summed E-state index contributed by atoms with van der Waals surface area (Å²) in [6, 6.07) is 9.25. The Kier molecular flexibility index (Phi) is 7.30. The number of carbonyl (C=O) groups excluding carboxylic acids is 2. The molecule has 31 heavy (non-hydrogen) atoms. The molecule has 0 saturated carbocycles. The second-order valence-electron chi connectivity index (χ2n) is 6.97. The Morgan fingerprint density at radius 1 is 1.19 bits per heavy atom. The number of aliphatic hydroxyl groups excluding tert-OH is 1. The van der Waals surface area contributed by atoms with Crippen LogP contribution in [0.5, 0.6) is 5.75 Å². The van der Waals surface area contributed by atoms with E-state index in [0.717, 1.165) is 0 Å². The average molecular weight is 448 g/mol. The van der Waals surface area contributed by atoms with Crippen LogP contribution in [0.4, 0.5) is 4.39 Å². The highest BCUT2D eigenvalue weighted by atomic mass is 35.5. The van der Waals surface area contributed by atoms with E-state index in [1.54, 1.807) is 19.2 Å². The van der Waals surface area contributed by atoms with Gasteiger partial charge in [-0.15, -0.1) is 0 Å². The standard InChI is InChI=1S/C23H23ClFNO5/c1-3-31-18-10-7-15(13-17(18)24)21(27)19-20(14-5-8-16(25)9-6-14)26(11-4-12-30-2)23(29)22(19)28/h5-10,13,20,27H,3-4,11-12H2,1-2H3/t20-/m0/s1. The van der Waals surface area contributed by atoms with Crippen molar-refractivity contribution in [3.8, 4) is 5.75 Å². The fourth-order valence-corrected chi connectivity index (χ4v) is 3.79. The number of benzene rings is 2. The molecule has 2 aromatic carbocycles. The molecule has 0 aliphatic carbocycles. The van der Waals surface area contributed by atoms with Gasteiger partial charge in [0.05, 0.1) is 23.2 Å². The molecule has 3 rings (SSSR count). The summed E-state index contributed by atoms with van der Waals surface area (Å²) in [5.41, 5.74) is 0.710. The Bertz CT molecular complexity index is 1010. The highest BCUT2D eigenvalue weighted by Gasteiger charge is 2.45. The third-order valence-electron chi connectivity index (χ3n) is 4.98. The molecule has 1 heterocycles. The van der Waals surface area contributed by atoms with E-state index in [1.807, 2.05) is 6.92 Å². The molecule has 1 amide bonds. The molecule has 6 nitrogen and oxygen atoms in total. The lowest BCUT2D eigenvalue weighted by molar-refractivity contribution is -0.140. The molecular formula is C23H23ClFNO5. The Hall–Kier alpha value is -2.90. The topological polar surface area (TPSA) is 76.1 Å². The number of ketones is 1. The van der Waals surface area contributed by atoms with Gasteiger partial charge in [0, 0.05) is 25.8 Å². The van der Waals surface area contributed by atoms with Crippen LogP contribution in [-0.4, -0.2) is 48.6 Å². The summed E-state index contributed by atoms with van der Waals surface area (Å²) in [4.78, 5) is 27.0. The number of hydrogen-bond donors (Lipinski definition) is 1. The van der Waals surface area contributed by atoms with E-state index < -0.39 is 23.5 Å². The third-order valence-corrected chi connectivity index (χ3v) is 5.27. The maximum atomic E-state index is 13.5. The fraction of sp³-hybridized carbons (Fsp3) is 0.304. The van der Waals surface area contributed by atoms with E-state index in [9.17, 15) is 19.1 Å². The van der Waals surface area contributed by atoms with Crippen LogP contribution in [-0.2, 0) is 14.3 Å². The van der Waals surface area contributed by atoms with Crippen LogP contribution in [0, 0.1) is 5.82 Å². The van der Waals surface area contributed by atoms with Crippen molar-refractivity contribution >= 4 is 29.1 Å². The number of amides is 1. The molecule has 164 valence electrons. The lowest BCUT2D eigenvalue weighted by Crippen LogP contribution is -2.31. The maximum absolute atomic E-state index is 13.5. The van der Waals surface area contributed by atoms with E-state index in [2.05, 4.69) is 0 Å². The second-order valence-corrected chi connectivity index (χ2v) is 7.38. The normalized spacial score (nSPS) is 17.9. The first-order chi connectivity index (χ1) is 14.9. The predicted molar refractivity (Wildman–Crippen MR) is 115 cm³/mol. The summed E-state index contributed by atoms with van der Waals surface area (Å²) < 4.78 is 23.9. The number of Topliss-reactive ketones (excluding diaryl/α,β-unsaturated/α-hetero) is 1. The molecule has 0 spiro atoms. The Labute approximate surface area is 184 Å². The lowest BCUT2D eigenvalue weighted by Gasteiger charge is -2.25. The van der Waals surface area contributed by atoms with E-state index in [4.69, 9.17) is 21.1 Å². The molecule has 1 N–H and O–H groups in total. The second kappa shape index (κ2) is 9.94. The van der Waals surface area contributed by atoms with Crippen LogP contribution < -0.4 is 4.74 Å². The van der Waals surface area contributed by atoms with Crippen molar-refractivity contribution in [1.29, 1.82) is 0 Å². The van der Waals surface area contributed by atoms with Gasteiger partial charge in [0.1, 0.15) is 17.3 Å². The number of nitrogens with zero attached hydrogens (tertiary/aromatic N) is 1.